The first-order chi connectivity index (χ1) is 10.2. The van der Waals surface area contributed by atoms with Crippen LogP contribution in [0.25, 0.3) is 0 Å². The molecule has 2 fully saturated rings. The van der Waals surface area contributed by atoms with Crippen LogP contribution in [0, 0.1) is 5.92 Å². The van der Waals surface area contributed by atoms with Crippen molar-refractivity contribution in [1.29, 1.82) is 0 Å². The third-order valence-corrected chi connectivity index (χ3v) is 4.54. The number of likely N-dealkylation sites (tertiary alicyclic amines) is 1. The van der Waals surface area contributed by atoms with Gasteiger partial charge in [0.15, 0.2) is 0 Å². The van der Waals surface area contributed by atoms with Gasteiger partial charge in [-0.15, -0.1) is 0 Å². The lowest BCUT2D eigenvalue weighted by molar-refractivity contribution is -0.136. The summed E-state index contributed by atoms with van der Waals surface area (Å²) in [7, 11) is 0. The highest BCUT2D eigenvalue weighted by atomic mass is 16.2. The Hall–Kier alpha value is -1.88. The van der Waals surface area contributed by atoms with E-state index in [1.807, 2.05) is 29.2 Å². The van der Waals surface area contributed by atoms with Crippen LogP contribution in [0.4, 0.5) is 0 Å². The topological polar surface area (TPSA) is 75.4 Å². The van der Waals surface area contributed by atoms with Gasteiger partial charge in [-0.3, -0.25) is 9.59 Å². The monoisotopic (exact) mass is 287 g/mol. The van der Waals surface area contributed by atoms with Crippen molar-refractivity contribution in [1.82, 2.24) is 10.2 Å². The zero-order valence-electron chi connectivity index (χ0n) is 12.0. The number of rotatable bonds is 3. The predicted molar refractivity (Wildman–Crippen MR) is 79.3 cm³/mol. The number of carbonyl (C=O) groups excluding carboxylic acids is 2. The molecule has 5 heteroatoms. The maximum Gasteiger partial charge on any atom is 0.227 e. The molecular formula is C16H21N3O2. The molecule has 3 rings (SSSR count). The van der Waals surface area contributed by atoms with Gasteiger partial charge < -0.3 is 16.0 Å². The largest absolute Gasteiger partial charge is 0.354 e. The molecule has 2 unspecified atom stereocenters. The Morgan fingerprint density at radius 3 is 2.71 bits per heavy atom. The van der Waals surface area contributed by atoms with Gasteiger partial charge in [-0.1, -0.05) is 24.3 Å². The van der Waals surface area contributed by atoms with E-state index in [0.29, 0.717) is 19.5 Å². The lowest BCUT2D eigenvalue weighted by atomic mass is 9.91. The minimum Gasteiger partial charge on any atom is -0.354 e. The van der Waals surface area contributed by atoms with Gasteiger partial charge >= 0.3 is 0 Å². The first-order valence-electron chi connectivity index (χ1n) is 7.54. The van der Waals surface area contributed by atoms with Crippen LogP contribution in [0.5, 0.6) is 0 Å². The first kappa shape index (κ1) is 14.1. The molecule has 112 valence electrons. The molecule has 3 N–H and O–H groups in total. The van der Waals surface area contributed by atoms with E-state index in [1.165, 1.54) is 0 Å². The Bertz CT molecular complexity index is 541. The molecule has 2 atom stereocenters. The van der Waals surface area contributed by atoms with Crippen LogP contribution in [-0.2, 0) is 22.6 Å². The van der Waals surface area contributed by atoms with Crippen molar-refractivity contribution < 1.29 is 9.59 Å². The summed E-state index contributed by atoms with van der Waals surface area (Å²) < 4.78 is 0. The smallest absolute Gasteiger partial charge is 0.227 e. The van der Waals surface area contributed by atoms with Crippen molar-refractivity contribution in [2.24, 2.45) is 11.7 Å². The highest BCUT2D eigenvalue weighted by molar-refractivity contribution is 5.85. The minimum absolute atomic E-state index is 0.0117. The van der Waals surface area contributed by atoms with Crippen molar-refractivity contribution in [2.45, 2.75) is 31.8 Å². The normalized spacial score (nSPS) is 24.6. The summed E-state index contributed by atoms with van der Waals surface area (Å²) in [6.45, 7) is 1.87. The number of hydrogen-bond acceptors (Lipinski definition) is 3. The SMILES string of the molecule is NCc1ccc(CC(=O)N2CCCC3C(=O)NCC32)cc1. The third kappa shape index (κ3) is 2.78. The van der Waals surface area contributed by atoms with Gasteiger partial charge in [0, 0.05) is 19.6 Å². The van der Waals surface area contributed by atoms with Crippen molar-refractivity contribution in [2.75, 3.05) is 13.1 Å². The average molecular weight is 287 g/mol. The maximum atomic E-state index is 12.5. The van der Waals surface area contributed by atoms with Gasteiger partial charge in [-0.2, -0.15) is 0 Å². The highest BCUT2D eigenvalue weighted by Gasteiger charge is 2.42. The van der Waals surface area contributed by atoms with Crippen LogP contribution in [0.3, 0.4) is 0 Å². The Labute approximate surface area is 124 Å². The molecule has 0 saturated carbocycles. The van der Waals surface area contributed by atoms with Crippen LogP contribution in [0.15, 0.2) is 24.3 Å². The summed E-state index contributed by atoms with van der Waals surface area (Å²) in [6.07, 6.45) is 2.19. The lowest BCUT2D eigenvalue weighted by Gasteiger charge is -2.36. The fraction of sp³-hybridized carbons (Fsp3) is 0.500. The molecular weight excluding hydrogens is 266 g/mol. The Kier molecular flexibility index (Phi) is 3.92. The zero-order chi connectivity index (χ0) is 14.8. The quantitative estimate of drug-likeness (QED) is 0.846. The van der Waals surface area contributed by atoms with Crippen LogP contribution in [-0.4, -0.2) is 35.8 Å². The number of fused-ring (bicyclic) bond motifs is 1. The average Bonchev–Trinajstić information content (AvgIpc) is 2.89. The summed E-state index contributed by atoms with van der Waals surface area (Å²) in [5, 5.41) is 2.88. The van der Waals surface area contributed by atoms with Gasteiger partial charge in [0.25, 0.3) is 0 Å². The fourth-order valence-corrected chi connectivity index (χ4v) is 3.33. The Morgan fingerprint density at radius 2 is 2.00 bits per heavy atom. The second kappa shape index (κ2) is 5.85. The number of nitrogens with zero attached hydrogens (tertiary/aromatic N) is 1. The van der Waals surface area contributed by atoms with Gasteiger partial charge in [0.2, 0.25) is 11.8 Å². The second-order valence-corrected chi connectivity index (χ2v) is 5.85. The van der Waals surface area contributed by atoms with Gasteiger partial charge in [0.05, 0.1) is 18.4 Å². The molecule has 0 aromatic heterocycles. The number of piperidine rings is 1. The van der Waals surface area contributed by atoms with Crippen LogP contribution in [0.1, 0.15) is 24.0 Å². The molecule has 0 aliphatic carbocycles. The predicted octanol–water partition coefficient (Wildman–Crippen LogP) is 0.425. The first-order valence-corrected chi connectivity index (χ1v) is 7.54. The number of carbonyl (C=O) groups is 2. The summed E-state index contributed by atoms with van der Waals surface area (Å²) in [6, 6.07) is 7.88. The molecule has 2 aliphatic heterocycles. The molecule has 2 heterocycles. The zero-order valence-corrected chi connectivity index (χ0v) is 12.0. The van der Waals surface area contributed by atoms with E-state index in [9.17, 15) is 9.59 Å². The molecule has 2 aliphatic rings. The summed E-state index contributed by atoms with van der Waals surface area (Å²) >= 11 is 0. The number of nitrogens with two attached hydrogens (primary N) is 1. The van der Waals surface area contributed by atoms with Crippen molar-refractivity contribution >= 4 is 11.8 Å². The lowest BCUT2D eigenvalue weighted by Crippen LogP contribution is -2.49. The van der Waals surface area contributed by atoms with Crippen molar-refractivity contribution in [3.8, 4) is 0 Å². The van der Waals surface area contributed by atoms with E-state index in [2.05, 4.69) is 5.32 Å². The van der Waals surface area contributed by atoms with E-state index < -0.39 is 0 Å². The van der Waals surface area contributed by atoms with Crippen LogP contribution >= 0.6 is 0 Å². The minimum atomic E-state index is -0.0117. The number of benzene rings is 1. The second-order valence-electron chi connectivity index (χ2n) is 5.85. The Balaban J connectivity index is 1.68. The van der Waals surface area contributed by atoms with Gasteiger partial charge in [0.1, 0.15) is 0 Å². The summed E-state index contributed by atoms with van der Waals surface area (Å²) in [5.41, 5.74) is 7.64. The van der Waals surface area contributed by atoms with Crippen molar-refractivity contribution in [3.05, 3.63) is 35.4 Å². The van der Waals surface area contributed by atoms with Crippen LogP contribution < -0.4 is 11.1 Å². The standard InChI is InChI=1S/C16H21N3O2/c17-9-12-5-3-11(4-6-12)8-15(20)19-7-1-2-13-14(19)10-18-16(13)21/h3-6,13-14H,1-2,7-10,17H2,(H,18,21). The number of amides is 2. The number of nitrogens with one attached hydrogen (secondary N) is 1. The van der Waals surface area contributed by atoms with Crippen molar-refractivity contribution in [3.63, 3.8) is 0 Å². The van der Waals surface area contributed by atoms with E-state index in [0.717, 1.165) is 30.5 Å². The van der Waals surface area contributed by atoms with E-state index in [4.69, 9.17) is 5.73 Å². The molecule has 5 nitrogen and oxygen atoms in total. The molecule has 21 heavy (non-hydrogen) atoms. The number of hydrogen-bond donors (Lipinski definition) is 2. The summed E-state index contributed by atoms with van der Waals surface area (Å²) in [4.78, 5) is 26.2. The molecule has 1 aromatic rings. The van der Waals surface area contributed by atoms with Gasteiger partial charge in [-0.05, 0) is 24.0 Å². The molecule has 0 radical (unpaired) electrons. The third-order valence-electron chi connectivity index (χ3n) is 4.54. The fourth-order valence-electron chi connectivity index (χ4n) is 3.33. The molecule has 0 bridgehead atoms. The molecule has 2 amide bonds. The van der Waals surface area contributed by atoms with Gasteiger partial charge in [-0.25, -0.2) is 0 Å². The molecule has 1 aromatic carbocycles. The summed E-state index contributed by atoms with van der Waals surface area (Å²) in [5.74, 6) is 0.203. The van der Waals surface area contributed by atoms with E-state index in [-0.39, 0.29) is 23.8 Å². The van der Waals surface area contributed by atoms with E-state index in [1.54, 1.807) is 0 Å². The molecule has 2 saturated heterocycles. The molecule has 0 spiro atoms. The maximum absolute atomic E-state index is 12.5. The van der Waals surface area contributed by atoms with Crippen LogP contribution in [0.2, 0.25) is 0 Å². The highest BCUT2D eigenvalue weighted by Crippen LogP contribution is 2.27. The van der Waals surface area contributed by atoms with E-state index >= 15 is 0 Å². The Morgan fingerprint density at radius 1 is 1.29 bits per heavy atom.